The summed E-state index contributed by atoms with van der Waals surface area (Å²) in [6.45, 7) is 4.57. The number of carbonyl (C=O) groups is 1. The highest BCUT2D eigenvalue weighted by atomic mass is 16.5. The van der Waals surface area contributed by atoms with Crippen molar-refractivity contribution in [2.45, 2.75) is 64.7 Å². The number of ether oxygens (including phenoxy) is 1. The molecule has 1 aliphatic heterocycles. The van der Waals surface area contributed by atoms with Crippen molar-refractivity contribution in [1.29, 1.82) is 0 Å². The molecule has 7 nitrogen and oxygen atoms in total. The number of fused-ring (bicyclic) bond motifs is 1. The summed E-state index contributed by atoms with van der Waals surface area (Å²) in [5.74, 6) is 2.47. The van der Waals surface area contributed by atoms with Gasteiger partial charge in [0.2, 0.25) is 5.89 Å². The lowest BCUT2D eigenvalue weighted by Gasteiger charge is -2.22. The highest BCUT2D eigenvalue weighted by Crippen LogP contribution is 2.36. The highest BCUT2D eigenvalue weighted by Gasteiger charge is 2.19. The predicted molar refractivity (Wildman–Crippen MR) is 144 cm³/mol. The summed E-state index contributed by atoms with van der Waals surface area (Å²) in [7, 11) is 0. The molecule has 37 heavy (non-hydrogen) atoms. The SMILES string of the molecule is Cc1oc(-c2ccc(N3CCCCCC3)nc2)nc1CCOc1cccc2c1CCC/C2=C/CC(=O)O. The lowest BCUT2D eigenvalue weighted by molar-refractivity contribution is -0.136. The minimum Gasteiger partial charge on any atom is -0.493 e. The largest absolute Gasteiger partial charge is 0.493 e. The van der Waals surface area contributed by atoms with Gasteiger partial charge in [-0.3, -0.25) is 4.79 Å². The zero-order valence-electron chi connectivity index (χ0n) is 21.5. The number of aliphatic carboxylic acids is 1. The Labute approximate surface area is 218 Å². The van der Waals surface area contributed by atoms with E-state index in [4.69, 9.17) is 24.2 Å². The number of allylic oxidation sites excluding steroid dienone is 1. The molecule has 0 spiro atoms. The van der Waals surface area contributed by atoms with Crippen LogP contribution in [0, 0.1) is 6.92 Å². The van der Waals surface area contributed by atoms with Crippen LogP contribution >= 0.6 is 0 Å². The zero-order valence-corrected chi connectivity index (χ0v) is 21.5. The quantitative estimate of drug-likeness (QED) is 0.391. The van der Waals surface area contributed by atoms with Gasteiger partial charge in [-0.15, -0.1) is 0 Å². The molecular weight excluding hydrogens is 466 g/mol. The van der Waals surface area contributed by atoms with Gasteiger partial charge in [0.05, 0.1) is 24.3 Å². The first-order chi connectivity index (χ1) is 18.1. The topological polar surface area (TPSA) is 88.7 Å². The van der Waals surface area contributed by atoms with Gasteiger partial charge in [-0.2, -0.15) is 0 Å². The average molecular weight is 502 g/mol. The Morgan fingerprint density at radius 1 is 1.11 bits per heavy atom. The number of carboxylic acid groups (broad SMARTS) is 1. The van der Waals surface area contributed by atoms with E-state index >= 15 is 0 Å². The van der Waals surface area contributed by atoms with Crippen molar-refractivity contribution >= 4 is 17.4 Å². The van der Waals surface area contributed by atoms with Crippen molar-refractivity contribution in [3.05, 3.63) is 65.2 Å². The Hall–Kier alpha value is -3.61. The number of oxazole rings is 1. The predicted octanol–water partition coefficient (Wildman–Crippen LogP) is 6.24. The fourth-order valence-corrected chi connectivity index (χ4v) is 5.31. The van der Waals surface area contributed by atoms with Gasteiger partial charge in [-0.1, -0.05) is 31.1 Å². The van der Waals surface area contributed by atoms with E-state index in [0.29, 0.717) is 18.9 Å². The van der Waals surface area contributed by atoms with Crippen molar-refractivity contribution in [2.75, 3.05) is 24.6 Å². The van der Waals surface area contributed by atoms with Gasteiger partial charge in [0.25, 0.3) is 0 Å². The summed E-state index contributed by atoms with van der Waals surface area (Å²) in [5, 5.41) is 9.06. The number of rotatable bonds is 8. The number of benzene rings is 1. The maximum Gasteiger partial charge on any atom is 0.307 e. The van der Waals surface area contributed by atoms with E-state index in [1.54, 1.807) is 0 Å². The first kappa shape index (κ1) is 25.1. The monoisotopic (exact) mass is 501 g/mol. The van der Waals surface area contributed by atoms with Gasteiger partial charge >= 0.3 is 5.97 Å². The van der Waals surface area contributed by atoms with Crippen molar-refractivity contribution in [2.24, 2.45) is 0 Å². The van der Waals surface area contributed by atoms with Crippen LogP contribution in [0.5, 0.6) is 5.75 Å². The molecule has 3 heterocycles. The van der Waals surface area contributed by atoms with Crippen molar-refractivity contribution in [3.8, 4) is 17.2 Å². The Morgan fingerprint density at radius 3 is 2.70 bits per heavy atom. The minimum absolute atomic E-state index is 0.0458. The molecule has 194 valence electrons. The van der Waals surface area contributed by atoms with Crippen LogP contribution in [0.2, 0.25) is 0 Å². The average Bonchev–Trinajstić information content (AvgIpc) is 3.09. The molecule has 2 aromatic heterocycles. The second kappa shape index (κ2) is 11.6. The van der Waals surface area contributed by atoms with Gasteiger partial charge in [-0.25, -0.2) is 9.97 Å². The number of aromatic nitrogens is 2. The Morgan fingerprint density at radius 2 is 1.95 bits per heavy atom. The third-order valence-corrected chi connectivity index (χ3v) is 7.29. The van der Waals surface area contributed by atoms with Crippen LogP contribution < -0.4 is 9.64 Å². The fourth-order valence-electron chi connectivity index (χ4n) is 5.31. The molecule has 1 saturated heterocycles. The lowest BCUT2D eigenvalue weighted by atomic mass is 9.86. The molecule has 0 unspecified atom stereocenters. The van der Waals surface area contributed by atoms with E-state index in [0.717, 1.165) is 72.1 Å². The number of hydrogen-bond donors (Lipinski definition) is 1. The number of nitrogens with zero attached hydrogens (tertiary/aromatic N) is 3. The van der Waals surface area contributed by atoms with Gasteiger partial charge < -0.3 is 19.2 Å². The number of hydrogen-bond acceptors (Lipinski definition) is 6. The third kappa shape index (κ3) is 6.04. The summed E-state index contributed by atoms with van der Waals surface area (Å²) in [4.78, 5) is 22.8. The molecular formula is C30H35N3O4. The van der Waals surface area contributed by atoms with Gasteiger partial charge in [0, 0.05) is 31.3 Å². The molecule has 1 N–H and O–H groups in total. The Balaban J connectivity index is 1.23. The van der Waals surface area contributed by atoms with Crippen LogP contribution in [0.1, 0.15) is 67.5 Å². The summed E-state index contributed by atoms with van der Waals surface area (Å²) < 4.78 is 12.2. The number of aryl methyl sites for hydroxylation is 1. The van der Waals surface area contributed by atoms with E-state index in [-0.39, 0.29) is 6.42 Å². The van der Waals surface area contributed by atoms with E-state index in [1.165, 1.54) is 31.2 Å². The summed E-state index contributed by atoms with van der Waals surface area (Å²) in [6, 6.07) is 10.2. The van der Waals surface area contributed by atoms with Crippen LogP contribution in [0.3, 0.4) is 0 Å². The Kier molecular flexibility index (Phi) is 7.87. The zero-order chi connectivity index (χ0) is 25.6. The summed E-state index contributed by atoms with van der Waals surface area (Å²) in [6.07, 6.45) is 12.3. The van der Waals surface area contributed by atoms with E-state index in [9.17, 15) is 4.79 Å². The molecule has 5 rings (SSSR count). The second-order valence-corrected chi connectivity index (χ2v) is 9.89. The smallest absolute Gasteiger partial charge is 0.307 e. The van der Waals surface area contributed by atoms with Crippen LogP contribution in [-0.4, -0.2) is 40.7 Å². The number of pyridine rings is 1. The minimum atomic E-state index is -0.807. The van der Waals surface area contributed by atoms with Crippen molar-refractivity contribution in [3.63, 3.8) is 0 Å². The maximum atomic E-state index is 11.0. The molecule has 0 saturated carbocycles. The molecule has 0 amide bonds. The fraction of sp³-hybridized carbons (Fsp3) is 0.433. The van der Waals surface area contributed by atoms with Crippen LogP contribution in [-0.2, 0) is 17.6 Å². The van der Waals surface area contributed by atoms with Crippen LogP contribution in [0.15, 0.2) is 47.0 Å². The summed E-state index contributed by atoms with van der Waals surface area (Å²) in [5.41, 5.74) is 5.14. The van der Waals surface area contributed by atoms with E-state index in [1.807, 2.05) is 37.4 Å². The molecule has 0 radical (unpaired) electrons. The molecule has 0 bridgehead atoms. The Bertz CT molecular complexity index is 1250. The summed E-state index contributed by atoms with van der Waals surface area (Å²) >= 11 is 0. The first-order valence-electron chi connectivity index (χ1n) is 13.4. The molecule has 2 aliphatic rings. The van der Waals surface area contributed by atoms with Gasteiger partial charge in [0.1, 0.15) is 17.3 Å². The van der Waals surface area contributed by atoms with Crippen molar-refractivity contribution < 1.29 is 19.1 Å². The highest BCUT2D eigenvalue weighted by molar-refractivity contribution is 5.77. The number of anilines is 1. The third-order valence-electron chi connectivity index (χ3n) is 7.29. The maximum absolute atomic E-state index is 11.0. The van der Waals surface area contributed by atoms with E-state index < -0.39 is 5.97 Å². The van der Waals surface area contributed by atoms with Crippen molar-refractivity contribution in [1.82, 2.24) is 9.97 Å². The van der Waals surface area contributed by atoms with Crippen LogP contribution in [0.4, 0.5) is 5.82 Å². The molecule has 7 heteroatoms. The first-order valence-corrected chi connectivity index (χ1v) is 13.4. The molecule has 1 fully saturated rings. The molecule has 3 aromatic rings. The molecule has 0 atom stereocenters. The molecule has 1 aliphatic carbocycles. The second-order valence-electron chi connectivity index (χ2n) is 9.89. The lowest BCUT2D eigenvalue weighted by Crippen LogP contribution is -2.24. The van der Waals surface area contributed by atoms with E-state index in [2.05, 4.69) is 17.0 Å². The van der Waals surface area contributed by atoms with Gasteiger partial charge in [-0.05, 0) is 68.4 Å². The number of carboxylic acids is 1. The normalized spacial score (nSPS) is 16.9. The van der Waals surface area contributed by atoms with Crippen LogP contribution in [0.25, 0.3) is 17.0 Å². The molecule has 1 aromatic carbocycles. The standard InChI is InChI=1S/C30H35N3O4/c1-21-26(32-30(37-21)23-12-14-28(31-20-23)33-17-4-2-3-5-18-33)16-19-36-27-11-7-9-24-22(13-15-29(34)35)8-6-10-25(24)27/h7,9,11-14,20H,2-6,8,10,15-19H2,1H3,(H,34,35)/b22-13-. The van der Waals surface area contributed by atoms with Gasteiger partial charge in [0.15, 0.2) is 0 Å².